The molecule has 0 bridgehead atoms. The van der Waals surface area contributed by atoms with Crippen LogP contribution in [-0.4, -0.2) is 48.5 Å². The van der Waals surface area contributed by atoms with Crippen LogP contribution in [0.15, 0.2) is 4.90 Å². The lowest BCUT2D eigenvalue weighted by molar-refractivity contribution is -0.123. The van der Waals surface area contributed by atoms with Gasteiger partial charge in [0.15, 0.2) is 0 Å². The maximum absolute atomic E-state index is 12.4. The molecule has 1 aromatic rings. The second kappa shape index (κ2) is 7.23. The average molecular weight is 356 g/mol. The van der Waals surface area contributed by atoms with Crippen molar-refractivity contribution >= 4 is 15.9 Å². The second-order valence-electron chi connectivity index (χ2n) is 6.88. The molecule has 0 unspecified atom stereocenters. The molecule has 0 spiro atoms. The number of carbonyl (C=O) groups excluding carboxylic acids is 1. The lowest BCUT2D eigenvalue weighted by Crippen LogP contribution is -2.42. The summed E-state index contributed by atoms with van der Waals surface area (Å²) in [7, 11) is -0.593. The van der Waals surface area contributed by atoms with E-state index < -0.39 is 10.0 Å². The fourth-order valence-electron chi connectivity index (χ4n) is 3.31. The summed E-state index contributed by atoms with van der Waals surface area (Å²) in [6.07, 6.45) is 4.50. The number of nitrogens with zero attached hydrogens (tertiary/aromatic N) is 3. The Hall–Kier alpha value is -1.41. The molecule has 1 fully saturated rings. The van der Waals surface area contributed by atoms with E-state index in [1.165, 1.54) is 25.2 Å². The Kier molecular flexibility index (Phi) is 5.70. The van der Waals surface area contributed by atoms with Gasteiger partial charge in [-0.3, -0.25) is 9.48 Å². The number of hydrogen-bond donors (Lipinski definition) is 1. The Morgan fingerprint density at radius 1 is 1.29 bits per heavy atom. The van der Waals surface area contributed by atoms with Gasteiger partial charge in [0.2, 0.25) is 15.9 Å². The molecule has 2 rings (SSSR count). The lowest BCUT2D eigenvalue weighted by Gasteiger charge is -2.29. The number of aromatic nitrogens is 2. The smallest absolute Gasteiger partial charge is 0.246 e. The zero-order valence-electron chi connectivity index (χ0n) is 15.2. The lowest BCUT2D eigenvalue weighted by atomic mass is 9.86. The highest BCUT2D eigenvalue weighted by Gasteiger charge is 2.28. The molecular weight excluding hydrogens is 328 g/mol. The van der Waals surface area contributed by atoms with Crippen LogP contribution in [0.1, 0.15) is 44.0 Å². The number of nitrogens with one attached hydrogen (secondary N) is 1. The highest BCUT2D eigenvalue weighted by Crippen LogP contribution is 2.24. The first-order valence-corrected chi connectivity index (χ1v) is 9.84. The first-order chi connectivity index (χ1) is 11.1. The van der Waals surface area contributed by atoms with E-state index in [4.69, 9.17) is 0 Å². The molecule has 8 heteroatoms. The van der Waals surface area contributed by atoms with Gasteiger partial charge in [0.05, 0.1) is 11.4 Å². The van der Waals surface area contributed by atoms with Gasteiger partial charge in [-0.05, 0) is 32.6 Å². The molecule has 136 valence electrons. The third-order valence-electron chi connectivity index (χ3n) is 4.81. The first kappa shape index (κ1) is 18.9. The maximum Gasteiger partial charge on any atom is 0.246 e. The van der Waals surface area contributed by atoms with E-state index in [9.17, 15) is 13.2 Å². The van der Waals surface area contributed by atoms with E-state index in [1.807, 2.05) is 0 Å². The summed E-state index contributed by atoms with van der Waals surface area (Å²) in [5.41, 5.74) is 0.910. The molecule has 1 heterocycles. The van der Waals surface area contributed by atoms with E-state index in [1.54, 1.807) is 13.8 Å². The fourth-order valence-corrected chi connectivity index (χ4v) is 4.57. The standard InChI is InChI=1S/C16H28N4O3S/c1-11-8-6-7-9-14(11)17-15(21)10-20-13(3)16(12(2)18-20)24(22,23)19(4)5/h11,14H,6-10H2,1-5H3,(H,17,21)/t11-,14+/m1/s1. The predicted molar refractivity (Wildman–Crippen MR) is 92.1 cm³/mol. The fraction of sp³-hybridized carbons (Fsp3) is 0.750. The molecule has 1 aromatic heterocycles. The van der Waals surface area contributed by atoms with Gasteiger partial charge in [0.1, 0.15) is 11.4 Å². The average Bonchev–Trinajstić information content (AvgIpc) is 2.76. The number of carbonyl (C=O) groups is 1. The summed E-state index contributed by atoms with van der Waals surface area (Å²) in [5.74, 6) is 0.362. The van der Waals surface area contributed by atoms with Crippen LogP contribution in [0.3, 0.4) is 0 Å². The number of sulfonamides is 1. The van der Waals surface area contributed by atoms with Gasteiger partial charge in [-0.25, -0.2) is 12.7 Å². The van der Waals surface area contributed by atoms with Crippen molar-refractivity contribution in [2.75, 3.05) is 14.1 Å². The molecule has 0 aromatic carbocycles. The van der Waals surface area contributed by atoms with Crippen molar-refractivity contribution in [2.45, 2.75) is 63.9 Å². The van der Waals surface area contributed by atoms with E-state index in [2.05, 4.69) is 17.3 Å². The SMILES string of the molecule is Cc1nn(CC(=O)N[C@H]2CCCC[C@H]2C)c(C)c1S(=O)(=O)N(C)C. The van der Waals surface area contributed by atoms with Crippen LogP contribution in [0.4, 0.5) is 0 Å². The Morgan fingerprint density at radius 2 is 1.92 bits per heavy atom. The topological polar surface area (TPSA) is 84.3 Å². The molecule has 1 saturated carbocycles. The number of amides is 1. The molecule has 1 N–H and O–H groups in total. The van der Waals surface area contributed by atoms with Crippen LogP contribution in [0.5, 0.6) is 0 Å². The zero-order chi connectivity index (χ0) is 18.1. The van der Waals surface area contributed by atoms with Crippen LogP contribution < -0.4 is 5.32 Å². The molecule has 24 heavy (non-hydrogen) atoms. The predicted octanol–water partition coefficient (Wildman–Crippen LogP) is 1.45. The minimum absolute atomic E-state index is 0.0405. The number of aryl methyl sites for hydroxylation is 1. The van der Waals surface area contributed by atoms with Crippen molar-refractivity contribution in [1.29, 1.82) is 0 Å². The van der Waals surface area contributed by atoms with Gasteiger partial charge >= 0.3 is 0 Å². The summed E-state index contributed by atoms with van der Waals surface area (Å²) in [6.45, 7) is 5.54. The first-order valence-electron chi connectivity index (χ1n) is 8.40. The van der Waals surface area contributed by atoms with Crippen LogP contribution in [0, 0.1) is 19.8 Å². The maximum atomic E-state index is 12.4. The minimum atomic E-state index is -3.57. The zero-order valence-corrected chi connectivity index (χ0v) is 16.0. The largest absolute Gasteiger partial charge is 0.351 e. The Balaban J connectivity index is 2.15. The van der Waals surface area contributed by atoms with E-state index in [-0.39, 0.29) is 23.4 Å². The summed E-state index contributed by atoms with van der Waals surface area (Å²) >= 11 is 0. The molecule has 0 radical (unpaired) electrons. The van der Waals surface area contributed by atoms with Gasteiger partial charge in [0.25, 0.3) is 0 Å². The van der Waals surface area contributed by atoms with Crippen molar-refractivity contribution in [3.63, 3.8) is 0 Å². The van der Waals surface area contributed by atoms with Crippen LogP contribution >= 0.6 is 0 Å². The quantitative estimate of drug-likeness (QED) is 0.865. The highest BCUT2D eigenvalue weighted by molar-refractivity contribution is 7.89. The van der Waals surface area contributed by atoms with Gasteiger partial charge in [0, 0.05) is 20.1 Å². The highest BCUT2D eigenvalue weighted by atomic mass is 32.2. The number of hydrogen-bond acceptors (Lipinski definition) is 4. The van der Waals surface area contributed by atoms with Crippen molar-refractivity contribution in [2.24, 2.45) is 5.92 Å². The molecule has 1 amide bonds. The van der Waals surface area contributed by atoms with E-state index >= 15 is 0 Å². The van der Waals surface area contributed by atoms with Crippen molar-refractivity contribution in [3.8, 4) is 0 Å². The summed E-state index contributed by atoms with van der Waals surface area (Å²) < 4.78 is 27.5. The van der Waals surface area contributed by atoms with Crippen LogP contribution in [-0.2, 0) is 21.4 Å². The third-order valence-corrected chi connectivity index (χ3v) is 6.87. The molecular formula is C16H28N4O3S. The van der Waals surface area contributed by atoms with Crippen molar-refractivity contribution < 1.29 is 13.2 Å². The Labute approximate surface area is 144 Å². The summed E-state index contributed by atoms with van der Waals surface area (Å²) in [4.78, 5) is 12.5. The normalized spacial score (nSPS) is 21.9. The van der Waals surface area contributed by atoms with Gasteiger partial charge in [-0.2, -0.15) is 5.10 Å². The Bertz CT molecular complexity index is 709. The van der Waals surface area contributed by atoms with Gasteiger partial charge in [-0.1, -0.05) is 19.8 Å². The molecule has 1 aliphatic rings. The second-order valence-corrected chi connectivity index (χ2v) is 8.97. The van der Waals surface area contributed by atoms with Crippen molar-refractivity contribution in [1.82, 2.24) is 19.4 Å². The molecule has 2 atom stereocenters. The molecule has 0 saturated heterocycles. The molecule has 7 nitrogen and oxygen atoms in total. The van der Waals surface area contributed by atoms with E-state index in [0.717, 1.165) is 23.6 Å². The molecule has 0 aliphatic heterocycles. The van der Waals surface area contributed by atoms with Gasteiger partial charge in [-0.15, -0.1) is 0 Å². The Morgan fingerprint density at radius 3 is 2.50 bits per heavy atom. The number of rotatable bonds is 5. The van der Waals surface area contributed by atoms with E-state index in [0.29, 0.717) is 17.3 Å². The third kappa shape index (κ3) is 3.80. The van der Waals surface area contributed by atoms with Gasteiger partial charge < -0.3 is 5.32 Å². The monoisotopic (exact) mass is 356 g/mol. The van der Waals surface area contributed by atoms with Crippen molar-refractivity contribution in [3.05, 3.63) is 11.4 Å². The summed E-state index contributed by atoms with van der Waals surface area (Å²) in [5, 5.41) is 7.34. The summed E-state index contributed by atoms with van der Waals surface area (Å²) in [6, 6.07) is 0.202. The van der Waals surface area contributed by atoms with Crippen LogP contribution in [0.2, 0.25) is 0 Å². The van der Waals surface area contributed by atoms with Crippen LogP contribution in [0.25, 0.3) is 0 Å². The minimum Gasteiger partial charge on any atom is -0.351 e. The molecule has 1 aliphatic carbocycles.